The van der Waals surface area contributed by atoms with Crippen LogP contribution in [0.5, 0.6) is 11.5 Å². The molecule has 6 heterocycles. The molecule has 0 aliphatic carbocycles. The fourth-order valence-corrected chi connectivity index (χ4v) is 17.0. The Hall–Kier alpha value is -7.73. The zero-order valence-corrected chi connectivity index (χ0v) is 69.1. The minimum Gasteiger partial charge on any atom is -0.468 e. The van der Waals surface area contributed by atoms with E-state index in [0.29, 0.717) is 54.1 Å². The molecule has 116 heavy (non-hydrogen) atoms. The minimum absolute atomic E-state index is 0.0179. The van der Waals surface area contributed by atoms with Crippen molar-refractivity contribution in [2.75, 3.05) is 19.2 Å². The highest BCUT2D eigenvalue weighted by molar-refractivity contribution is 7.86. The second-order valence-electron chi connectivity index (χ2n) is 31.8. The number of nitro benzene ring substituents is 1. The monoisotopic (exact) mass is 1650 g/mol. The zero-order chi connectivity index (χ0) is 82.2. The fraction of sp³-hybridized carbons (Fsp3) is 0.558. The number of hydrogen-bond acceptors (Lipinski definition) is 27. The molecule has 28 nitrogen and oxygen atoms in total. The Balaban J connectivity index is 0.739. The van der Waals surface area contributed by atoms with E-state index in [1.807, 2.05) is 57.2 Å². The number of nitrogens with zero attached hydrogens (tertiary/aromatic N) is 1. The number of ketones is 1. The van der Waals surface area contributed by atoms with Crippen molar-refractivity contribution in [1.82, 2.24) is 0 Å². The van der Waals surface area contributed by atoms with Crippen LogP contribution < -0.4 is 9.47 Å². The summed E-state index contributed by atoms with van der Waals surface area (Å²) < 4.78 is 152. The normalized spacial score (nSPS) is 30.5. The molecule has 6 aromatic carbocycles. The Kier molecular flexibility index (Phi) is 30.8. The van der Waals surface area contributed by atoms with Crippen molar-refractivity contribution in [1.29, 1.82) is 0 Å². The number of carbonyl (C=O) groups excluding carboxylic acids is 4. The molecular weight excluding hydrogens is 1540 g/mol. The van der Waals surface area contributed by atoms with Crippen LogP contribution in [-0.4, -0.2) is 200 Å². The van der Waals surface area contributed by atoms with Crippen molar-refractivity contribution in [3.63, 3.8) is 0 Å². The molecule has 0 N–H and O–H groups in total. The number of ether oxygens (including phenoxy) is 18. The first-order valence-corrected chi connectivity index (χ1v) is 45.5. The number of carbonyl (C=O) groups is 4. The van der Waals surface area contributed by atoms with E-state index in [4.69, 9.17) is 89.4 Å². The molecule has 12 rings (SSSR count). The van der Waals surface area contributed by atoms with Gasteiger partial charge < -0.3 is 90.1 Å². The van der Waals surface area contributed by atoms with Crippen LogP contribution in [0.15, 0.2) is 152 Å². The van der Waals surface area contributed by atoms with E-state index in [-0.39, 0.29) is 76.2 Å². The lowest BCUT2D eigenvalue weighted by Gasteiger charge is -2.46. The summed E-state index contributed by atoms with van der Waals surface area (Å²) in [5.41, 5.74) is 1.94. The molecule has 0 radical (unpaired) electrons. The number of Topliss-reactive ketones (excluding diaryl/α,β-unsaturated/α-hetero) is 1. The molecule has 6 aliphatic rings. The molecule has 6 saturated heterocycles. The van der Waals surface area contributed by atoms with E-state index in [0.717, 1.165) is 22.4 Å². The summed E-state index contributed by atoms with van der Waals surface area (Å²) in [6.07, 6.45) is -17.0. The lowest BCUT2D eigenvalue weighted by molar-refractivity contribution is -0.384. The van der Waals surface area contributed by atoms with Gasteiger partial charge in [0.1, 0.15) is 47.8 Å². The summed E-state index contributed by atoms with van der Waals surface area (Å²) in [5, 5.41) is 13.6. The predicted octanol–water partition coefficient (Wildman–Crippen LogP) is 13.6. The third-order valence-corrected chi connectivity index (χ3v) is 24.4. The lowest BCUT2D eigenvalue weighted by Crippen LogP contribution is -2.57. The molecule has 6 fully saturated rings. The molecule has 0 unspecified atom stereocenters. The number of non-ortho nitro benzene ring substituents is 1. The molecule has 0 amide bonds. The van der Waals surface area contributed by atoms with E-state index in [2.05, 4.69) is 25.7 Å². The smallest absolute Gasteiger partial charge is 0.338 e. The third-order valence-electron chi connectivity index (χ3n) is 21.4. The number of benzene rings is 6. The average Bonchev–Trinajstić information content (AvgIpc) is 0.802. The Morgan fingerprint density at radius 3 is 1.54 bits per heavy atom. The van der Waals surface area contributed by atoms with Gasteiger partial charge in [-0.3, -0.25) is 19.1 Å². The van der Waals surface area contributed by atoms with Crippen LogP contribution in [0.2, 0.25) is 25.7 Å². The van der Waals surface area contributed by atoms with Gasteiger partial charge in [0.15, 0.2) is 50.5 Å². The van der Waals surface area contributed by atoms with Crippen LogP contribution in [0.1, 0.15) is 145 Å². The van der Waals surface area contributed by atoms with Gasteiger partial charge in [0.25, 0.3) is 15.8 Å². The second kappa shape index (κ2) is 40.8. The number of nitro groups is 1. The van der Waals surface area contributed by atoms with Crippen LogP contribution in [0.25, 0.3) is 10.8 Å². The van der Waals surface area contributed by atoms with E-state index in [1.54, 1.807) is 106 Å². The van der Waals surface area contributed by atoms with E-state index < -0.39 is 182 Å². The Morgan fingerprint density at radius 1 is 0.483 bits per heavy atom. The van der Waals surface area contributed by atoms with Gasteiger partial charge in [-0.25, -0.2) is 9.59 Å². The maximum atomic E-state index is 14.2. The minimum atomic E-state index is -4.38. The number of esters is 3. The van der Waals surface area contributed by atoms with Crippen molar-refractivity contribution in [2.24, 2.45) is 0 Å². The standard InChI is InChI=1S/C86H109NO27SSi/c1-52(88)25-38-74(89)106-68-36-40-76(100-53(68)2)111-81-55(4)102-78(46-70(81)97-50-60-26-29-61-19-17-18-24-64(61)45-60)109-72-48-79(103-57(6)83(72)113-86(91)63-22-15-12-16-23-63)107-69-37-39-75(99-54(69)3)108-73-49-80(104-58(7)84(73)114-115(94,95)43-41-59-27-30-65(31-28-59)87(92)93)110-71-47-77(101-56(5)82(71)112-85(90)62-20-13-11-14-21-62)105-67-34-32-66(33-35-67)98-51-96-42-44-116(8,9)10/h11-24,26-35,45,53-58,68-73,75-84H,25,36-44,46-51H2,1-10H3/t53-,54-,55+,56+,57+,58+,68-,69-,70+,71+,72+,73+,75-,76-,77-,78-,79-,80-,81+,82+,83+,84+/m0/s1. The molecule has 0 spiro atoms. The van der Waals surface area contributed by atoms with Gasteiger partial charge in [-0.2, -0.15) is 8.42 Å². The number of hydrogen-bond donors (Lipinski definition) is 0. The topological polar surface area (TPSA) is 321 Å². The van der Waals surface area contributed by atoms with E-state index in [1.165, 1.54) is 31.2 Å². The van der Waals surface area contributed by atoms with Crippen molar-refractivity contribution >= 4 is 58.3 Å². The number of fused-ring (bicyclic) bond motifs is 1. The van der Waals surface area contributed by atoms with Crippen molar-refractivity contribution in [2.45, 2.75) is 287 Å². The molecule has 0 bridgehead atoms. The fourth-order valence-electron chi connectivity index (χ4n) is 15.1. The summed E-state index contributed by atoms with van der Waals surface area (Å²) in [5.74, 6) is -1.24. The number of rotatable bonds is 35. The molecule has 6 aliphatic heterocycles. The molecule has 630 valence electrons. The molecule has 0 saturated carbocycles. The van der Waals surface area contributed by atoms with Crippen LogP contribution in [0.3, 0.4) is 0 Å². The van der Waals surface area contributed by atoms with Crippen LogP contribution in [0, 0.1) is 10.1 Å². The van der Waals surface area contributed by atoms with Crippen LogP contribution in [0.4, 0.5) is 5.69 Å². The Bertz CT molecular complexity index is 4290. The first kappa shape index (κ1) is 87.6. The number of aryl methyl sites for hydroxylation is 1. The SMILES string of the molecule is CC(=O)CCC(=O)O[C@H]1CC[C@H](O[C@@H]2[C@@H](C)O[C@@H](O[C@@H]3C[C@H](O[C@H]4CC[C@H](O[C@@H]5C[C@H](O[C@@H]6C[C@H](Oc7ccc(OCOCC[Si](C)(C)C)cc7)O[C@H](C)[C@H]6OC(=O)c6ccccc6)O[C@H](C)[C@H]5OS(=O)(=O)CCc5ccc([N+](=O)[O-])cc5)O[C@H]4C)O[C@H](C)[C@H]3OC(=O)c3ccccc3)C[C@H]2OCc2ccc3ccccc3c2)O[C@H]1C. The van der Waals surface area contributed by atoms with E-state index in [9.17, 15) is 37.7 Å². The largest absolute Gasteiger partial charge is 0.468 e. The molecule has 22 atom stereocenters. The maximum Gasteiger partial charge on any atom is 0.338 e. The zero-order valence-electron chi connectivity index (χ0n) is 67.3. The molecule has 6 aromatic rings. The van der Waals surface area contributed by atoms with Gasteiger partial charge in [-0.1, -0.05) is 105 Å². The quantitative estimate of drug-likeness (QED) is 0.00521. The summed E-state index contributed by atoms with van der Waals surface area (Å²) in [4.78, 5) is 63.2. The van der Waals surface area contributed by atoms with Crippen molar-refractivity contribution in [3.05, 3.63) is 184 Å². The predicted molar refractivity (Wildman–Crippen MR) is 423 cm³/mol. The molecular formula is C86H109NO27SSi. The first-order chi connectivity index (χ1) is 55.6. The summed E-state index contributed by atoms with van der Waals surface area (Å²) in [6.45, 7) is 19.9. The van der Waals surface area contributed by atoms with Crippen LogP contribution in [-0.2, 0) is 113 Å². The van der Waals surface area contributed by atoms with Crippen LogP contribution >= 0.6 is 0 Å². The second-order valence-corrected chi connectivity index (χ2v) is 39.2. The van der Waals surface area contributed by atoms with Gasteiger partial charge in [-0.15, -0.1) is 0 Å². The summed E-state index contributed by atoms with van der Waals surface area (Å²) in [6, 6.07) is 44.9. The lowest BCUT2D eigenvalue weighted by atomic mass is 9.99. The summed E-state index contributed by atoms with van der Waals surface area (Å²) >= 11 is 0. The Morgan fingerprint density at radius 2 is 0.966 bits per heavy atom. The maximum absolute atomic E-state index is 14.2. The highest BCUT2D eigenvalue weighted by atomic mass is 32.2. The van der Waals surface area contributed by atoms with Gasteiger partial charge in [-0.05, 0) is 150 Å². The molecule has 30 heteroatoms. The highest BCUT2D eigenvalue weighted by Gasteiger charge is 2.51. The van der Waals surface area contributed by atoms with Gasteiger partial charge >= 0.3 is 17.9 Å². The average molecular weight is 1650 g/mol. The third kappa shape index (κ3) is 25.2. The Labute approximate surface area is 678 Å². The van der Waals surface area contributed by atoms with Crippen molar-refractivity contribution in [3.8, 4) is 11.5 Å². The first-order valence-electron chi connectivity index (χ1n) is 40.2. The van der Waals surface area contributed by atoms with E-state index >= 15 is 0 Å². The van der Waals surface area contributed by atoms with Gasteiger partial charge in [0.05, 0.1) is 89.8 Å². The van der Waals surface area contributed by atoms with Gasteiger partial charge in [0.2, 0.25) is 6.29 Å². The summed E-state index contributed by atoms with van der Waals surface area (Å²) in [7, 11) is -5.67. The highest BCUT2D eigenvalue weighted by Crippen LogP contribution is 2.40. The molecule has 0 aromatic heterocycles. The van der Waals surface area contributed by atoms with Gasteiger partial charge in [0, 0.05) is 71.8 Å². The van der Waals surface area contributed by atoms with Crippen molar-refractivity contribution < 1.29 is 122 Å².